The van der Waals surface area contributed by atoms with E-state index in [0.29, 0.717) is 19.4 Å². The largest absolute Gasteiger partial charge is 0.464 e. The van der Waals surface area contributed by atoms with Gasteiger partial charge in [-0.05, 0) is 40.5 Å². The second-order valence-electron chi connectivity index (χ2n) is 5.55. The minimum Gasteiger partial charge on any atom is -0.464 e. The van der Waals surface area contributed by atoms with Gasteiger partial charge in [-0.2, -0.15) is 0 Å². The molecule has 1 N–H and O–H groups in total. The summed E-state index contributed by atoms with van der Waals surface area (Å²) in [6.07, 6.45) is 0.975. The van der Waals surface area contributed by atoms with E-state index in [-0.39, 0.29) is 24.7 Å². The molecule has 0 atom stereocenters. The van der Waals surface area contributed by atoms with Gasteiger partial charge in [0.15, 0.2) is 0 Å². The van der Waals surface area contributed by atoms with Crippen LogP contribution in [0.4, 0.5) is 4.79 Å². The Morgan fingerprint density at radius 3 is 2.42 bits per heavy atom. The fraction of sp³-hybridized carbons (Fsp3) is 0.846. The molecule has 6 heteroatoms. The minimum absolute atomic E-state index is 0.00402. The number of alkyl carbamates (subject to hydrolysis) is 1. The molecule has 1 rings (SSSR count). The Morgan fingerprint density at radius 2 is 1.89 bits per heavy atom. The number of carbonyl (C=O) groups excluding carboxylic acids is 2. The van der Waals surface area contributed by atoms with Crippen molar-refractivity contribution in [2.24, 2.45) is 0 Å². The van der Waals surface area contributed by atoms with Gasteiger partial charge in [-0.3, -0.25) is 0 Å². The normalized spacial score (nSPS) is 22.3. The SMILES string of the molecule is CCOC(=O)CO[C@H]1C[C@H](NC(=O)OC(C)(C)C)C1. The van der Waals surface area contributed by atoms with Crippen molar-refractivity contribution in [3.63, 3.8) is 0 Å². The number of esters is 1. The second kappa shape index (κ2) is 6.75. The smallest absolute Gasteiger partial charge is 0.407 e. The Labute approximate surface area is 113 Å². The van der Waals surface area contributed by atoms with E-state index in [4.69, 9.17) is 14.2 Å². The van der Waals surface area contributed by atoms with E-state index in [2.05, 4.69) is 5.32 Å². The van der Waals surface area contributed by atoms with Gasteiger partial charge in [-0.25, -0.2) is 9.59 Å². The van der Waals surface area contributed by atoms with E-state index in [1.54, 1.807) is 6.92 Å². The molecule has 0 unspecified atom stereocenters. The van der Waals surface area contributed by atoms with E-state index in [0.717, 1.165) is 0 Å². The lowest BCUT2D eigenvalue weighted by Crippen LogP contribution is -2.49. The van der Waals surface area contributed by atoms with E-state index in [1.165, 1.54) is 0 Å². The Kier molecular flexibility index (Phi) is 5.60. The molecule has 0 bridgehead atoms. The number of nitrogens with one attached hydrogen (secondary N) is 1. The topological polar surface area (TPSA) is 73.9 Å². The highest BCUT2D eigenvalue weighted by Crippen LogP contribution is 2.23. The van der Waals surface area contributed by atoms with Gasteiger partial charge in [0, 0.05) is 6.04 Å². The first-order chi connectivity index (χ1) is 8.80. The van der Waals surface area contributed by atoms with Crippen LogP contribution in [0.2, 0.25) is 0 Å². The average molecular weight is 273 g/mol. The van der Waals surface area contributed by atoms with Crippen LogP contribution in [-0.4, -0.2) is 43.0 Å². The molecule has 0 radical (unpaired) electrons. The zero-order chi connectivity index (χ0) is 14.5. The van der Waals surface area contributed by atoms with Crippen LogP contribution in [0.5, 0.6) is 0 Å². The predicted molar refractivity (Wildman–Crippen MR) is 68.8 cm³/mol. The van der Waals surface area contributed by atoms with E-state index >= 15 is 0 Å². The molecule has 0 aliphatic heterocycles. The van der Waals surface area contributed by atoms with Crippen LogP contribution in [0.3, 0.4) is 0 Å². The van der Waals surface area contributed by atoms with Crippen molar-refractivity contribution in [2.45, 2.75) is 58.3 Å². The van der Waals surface area contributed by atoms with Crippen molar-refractivity contribution in [1.29, 1.82) is 0 Å². The number of ether oxygens (including phenoxy) is 3. The molecule has 0 aromatic rings. The zero-order valence-electron chi connectivity index (χ0n) is 12.0. The highest BCUT2D eigenvalue weighted by molar-refractivity contribution is 5.70. The summed E-state index contributed by atoms with van der Waals surface area (Å²) in [5.41, 5.74) is -0.492. The molecule has 110 valence electrons. The highest BCUT2D eigenvalue weighted by Gasteiger charge is 2.32. The van der Waals surface area contributed by atoms with Gasteiger partial charge in [-0.1, -0.05) is 0 Å². The lowest BCUT2D eigenvalue weighted by molar-refractivity contribution is -0.152. The molecule has 1 saturated carbocycles. The fourth-order valence-electron chi connectivity index (χ4n) is 1.68. The molecular weight excluding hydrogens is 250 g/mol. The summed E-state index contributed by atoms with van der Waals surface area (Å²) < 4.78 is 15.2. The zero-order valence-corrected chi connectivity index (χ0v) is 12.0. The summed E-state index contributed by atoms with van der Waals surface area (Å²) in [7, 11) is 0. The van der Waals surface area contributed by atoms with Crippen LogP contribution in [0.1, 0.15) is 40.5 Å². The molecule has 1 fully saturated rings. The lowest BCUT2D eigenvalue weighted by atomic mass is 9.89. The van der Waals surface area contributed by atoms with Crippen molar-refractivity contribution < 1.29 is 23.8 Å². The molecule has 0 aromatic carbocycles. The van der Waals surface area contributed by atoms with Crippen molar-refractivity contribution in [3.05, 3.63) is 0 Å². The number of amides is 1. The van der Waals surface area contributed by atoms with E-state index < -0.39 is 11.7 Å². The number of hydrogen-bond donors (Lipinski definition) is 1. The summed E-state index contributed by atoms with van der Waals surface area (Å²) in [5, 5.41) is 2.76. The highest BCUT2D eigenvalue weighted by atomic mass is 16.6. The molecule has 1 aliphatic carbocycles. The van der Waals surface area contributed by atoms with Gasteiger partial charge in [0.1, 0.15) is 12.2 Å². The molecule has 1 aliphatic rings. The Bertz CT molecular complexity index is 317. The van der Waals surface area contributed by atoms with Gasteiger partial charge in [0.05, 0.1) is 12.7 Å². The minimum atomic E-state index is -0.492. The predicted octanol–water partition coefficient (Wildman–Crippen LogP) is 1.62. The third-order valence-corrected chi connectivity index (χ3v) is 2.56. The van der Waals surface area contributed by atoms with Crippen LogP contribution in [0, 0.1) is 0 Å². The first-order valence-electron chi connectivity index (χ1n) is 6.57. The molecule has 0 saturated heterocycles. The fourth-order valence-corrected chi connectivity index (χ4v) is 1.68. The molecule has 6 nitrogen and oxygen atoms in total. The van der Waals surface area contributed by atoms with Crippen LogP contribution in [0.25, 0.3) is 0 Å². The summed E-state index contributed by atoms with van der Waals surface area (Å²) in [5.74, 6) is -0.356. The van der Waals surface area contributed by atoms with Gasteiger partial charge < -0.3 is 19.5 Å². The first kappa shape index (κ1) is 15.8. The molecule has 0 spiro atoms. The maximum Gasteiger partial charge on any atom is 0.407 e. The van der Waals surface area contributed by atoms with Gasteiger partial charge in [0.25, 0.3) is 0 Å². The van der Waals surface area contributed by atoms with Crippen LogP contribution >= 0.6 is 0 Å². The molecule has 1 amide bonds. The standard InChI is InChI=1S/C13H23NO5/c1-5-17-11(15)8-18-10-6-9(7-10)14-12(16)19-13(2,3)4/h9-10H,5-8H2,1-4H3,(H,14,16)/t9-,10-. The quantitative estimate of drug-likeness (QED) is 0.770. The van der Waals surface area contributed by atoms with Crippen LogP contribution < -0.4 is 5.32 Å². The van der Waals surface area contributed by atoms with Gasteiger partial charge in [-0.15, -0.1) is 0 Å². The maximum atomic E-state index is 11.5. The van der Waals surface area contributed by atoms with Crippen LogP contribution in [0.15, 0.2) is 0 Å². The molecule has 0 aromatic heterocycles. The second-order valence-corrected chi connectivity index (χ2v) is 5.55. The monoisotopic (exact) mass is 273 g/mol. The average Bonchev–Trinajstić information content (AvgIpc) is 2.18. The first-order valence-corrected chi connectivity index (χ1v) is 6.57. The molecule has 19 heavy (non-hydrogen) atoms. The Morgan fingerprint density at radius 1 is 1.26 bits per heavy atom. The van der Waals surface area contributed by atoms with Crippen molar-refractivity contribution in [3.8, 4) is 0 Å². The van der Waals surface area contributed by atoms with E-state index in [9.17, 15) is 9.59 Å². The van der Waals surface area contributed by atoms with Crippen molar-refractivity contribution in [2.75, 3.05) is 13.2 Å². The van der Waals surface area contributed by atoms with E-state index in [1.807, 2.05) is 20.8 Å². The van der Waals surface area contributed by atoms with Gasteiger partial charge in [0.2, 0.25) is 0 Å². The Hall–Kier alpha value is -1.30. The third kappa shape index (κ3) is 6.42. The summed E-state index contributed by atoms with van der Waals surface area (Å²) in [4.78, 5) is 22.5. The number of hydrogen-bond acceptors (Lipinski definition) is 5. The van der Waals surface area contributed by atoms with Gasteiger partial charge >= 0.3 is 12.1 Å². The summed E-state index contributed by atoms with van der Waals surface area (Å²) >= 11 is 0. The Balaban J connectivity index is 2.10. The maximum absolute atomic E-state index is 11.5. The van der Waals surface area contributed by atoms with Crippen molar-refractivity contribution >= 4 is 12.1 Å². The molecular formula is C13H23NO5. The number of carbonyl (C=O) groups is 2. The third-order valence-electron chi connectivity index (χ3n) is 2.56. The van der Waals surface area contributed by atoms with Crippen LogP contribution in [-0.2, 0) is 19.0 Å². The number of rotatable bonds is 5. The lowest BCUT2D eigenvalue weighted by Gasteiger charge is -2.35. The van der Waals surface area contributed by atoms with Crippen molar-refractivity contribution in [1.82, 2.24) is 5.32 Å². The molecule has 0 heterocycles. The summed E-state index contributed by atoms with van der Waals surface area (Å²) in [6, 6.07) is 0.0574. The summed E-state index contributed by atoms with van der Waals surface area (Å²) in [6.45, 7) is 7.53.